The number of aryl methyl sites for hydroxylation is 2. The molecule has 204 valence electrons. The molecule has 2 aliphatic rings. The van der Waals surface area contributed by atoms with Gasteiger partial charge < -0.3 is 10.5 Å². The molecule has 1 unspecified atom stereocenters. The molecule has 0 saturated carbocycles. The molecule has 0 aromatic heterocycles. The Morgan fingerprint density at radius 1 is 1.10 bits per heavy atom. The topological polar surface area (TPSA) is 79.4 Å². The number of benzene rings is 3. The second-order valence-electron chi connectivity index (χ2n) is 11.3. The fourth-order valence-electron chi connectivity index (χ4n) is 5.80. The molecule has 5 rings (SSSR count). The van der Waals surface area contributed by atoms with E-state index in [0.29, 0.717) is 36.3 Å². The van der Waals surface area contributed by atoms with Gasteiger partial charge in [0, 0.05) is 23.4 Å². The first-order valence-corrected chi connectivity index (χ1v) is 14.0. The minimum atomic E-state index is -0.608. The first-order valence-electron chi connectivity index (χ1n) is 13.2. The summed E-state index contributed by atoms with van der Waals surface area (Å²) in [6.45, 7) is 8.46. The van der Waals surface area contributed by atoms with Crippen molar-refractivity contribution in [3.63, 3.8) is 0 Å². The molecule has 3 aromatic rings. The van der Waals surface area contributed by atoms with Gasteiger partial charge in [-0.25, -0.2) is 4.39 Å². The van der Waals surface area contributed by atoms with Crippen LogP contribution >= 0.6 is 15.9 Å². The Bertz CT molecular complexity index is 1620. The smallest absolute Gasteiger partial charge is 0.162 e. The minimum Gasteiger partial charge on any atom is -0.488 e. The van der Waals surface area contributed by atoms with Gasteiger partial charge in [0.2, 0.25) is 0 Å². The molecule has 1 aliphatic heterocycles. The van der Waals surface area contributed by atoms with E-state index in [1.165, 1.54) is 12.1 Å². The largest absolute Gasteiger partial charge is 0.488 e. The molecule has 5 nitrogen and oxygen atoms in total. The highest BCUT2D eigenvalue weighted by molar-refractivity contribution is 9.10. The number of para-hydroxylation sites is 1. The Morgan fingerprint density at radius 2 is 1.80 bits per heavy atom. The first kappa shape index (κ1) is 27.7. The molecule has 0 amide bonds. The fraction of sp³-hybridized carbons (Fsp3) is 0.273. The van der Waals surface area contributed by atoms with Gasteiger partial charge in [-0.15, -0.1) is 0 Å². The van der Waals surface area contributed by atoms with Crippen LogP contribution in [0.25, 0.3) is 0 Å². The van der Waals surface area contributed by atoms with Crippen molar-refractivity contribution in [1.82, 2.24) is 0 Å². The van der Waals surface area contributed by atoms with Gasteiger partial charge in [0.1, 0.15) is 24.0 Å². The van der Waals surface area contributed by atoms with E-state index in [2.05, 4.69) is 41.9 Å². The van der Waals surface area contributed by atoms with Gasteiger partial charge in [0.05, 0.1) is 22.0 Å². The monoisotopic (exact) mass is 599 g/mol. The van der Waals surface area contributed by atoms with Gasteiger partial charge >= 0.3 is 0 Å². The predicted molar refractivity (Wildman–Crippen MR) is 158 cm³/mol. The number of Topliss-reactive ketones (excluding diaryl/α,β-unsaturated/α-hetero) is 1. The van der Waals surface area contributed by atoms with Gasteiger partial charge in [-0.2, -0.15) is 5.26 Å². The van der Waals surface area contributed by atoms with Crippen LogP contribution in [-0.4, -0.2) is 5.78 Å². The third-order valence-electron chi connectivity index (χ3n) is 7.72. The lowest BCUT2D eigenvalue weighted by Crippen LogP contribution is -2.42. The number of anilines is 1. The van der Waals surface area contributed by atoms with E-state index >= 15 is 0 Å². The van der Waals surface area contributed by atoms with Crippen LogP contribution < -0.4 is 15.4 Å². The molecule has 0 fully saturated rings. The Labute approximate surface area is 242 Å². The van der Waals surface area contributed by atoms with Gasteiger partial charge in [0.15, 0.2) is 5.78 Å². The lowest BCUT2D eigenvalue weighted by molar-refractivity contribution is -0.118. The van der Waals surface area contributed by atoms with Crippen LogP contribution in [0, 0.1) is 36.4 Å². The lowest BCUT2D eigenvalue weighted by Gasteiger charge is -2.44. The summed E-state index contributed by atoms with van der Waals surface area (Å²) in [5.74, 6) is 0.00346. The van der Waals surface area contributed by atoms with Crippen LogP contribution in [0.2, 0.25) is 0 Å². The van der Waals surface area contributed by atoms with Crippen LogP contribution in [0.4, 0.5) is 10.1 Å². The van der Waals surface area contributed by atoms with E-state index in [4.69, 9.17) is 10.5 Å². The average Bonchev–Trinajstić information content (AvgIpc) is 2.89. The van der Waals surface area contributed by atoms with E-state index in [1.807, 2.05) is 44.2 Å². The maximum Gasteiger partial charge on any atom is 0.162 e. The summed E-state index contributed by atoms with van der Waals surface area (Å²) in [5.41, 5.74) is 12.6. The Hall–Kier alpha value is -3.89. The van der Waals surface area contributed by atoms with Crippen molar-refractivity contribution in [2.45, 2.75) is 53.1 Å². The molecule has 3 aromatic carbocycles. The number of carbonyl (C=O) groups excluding carboxylic acids is 1. The summed E-state index contributed by atoms with van der Waals surface area (Å²) in [6, 6.07) is 20.1. The van der Waals surface area contributed by atoms with Crippen LogP contribution in [0.3, 0.4) is 0 Å². The van der Waals surface area contributed by atoms with Crippen molar-refractivity contribution in [3.8, 4) is 11.8 Å². The maximum atomic E-state index is 13.9. The van der Waals surface area contributed by atoms with E-state index in [0.717, 1.165) is 38.2 Å². The molecule has 40 heavy (non-hydrogen) atoms. The van der Waals surface area contributed by atoms with Gasteiger partial charge in [-0.1, -0.05) is 38.1 Å². The highest BCUT2D eigenvalue weighted by atomic mass is 79.9. The minimum absolute atomic E-state index is 0.00500. The number of nitrogens with zero attached hydrogens (tertiary/aromatic N) is 2. The number of hydrogen-bond acceptors (Lipinski definition) is 5. The van der Waals surface area contributed by atoms with Crippen LogP contribution in [0.15, 0.2) is 87.8 Å². The van der Waals surface area contributed by atoms with E-state index < -0.39 is 5.92 Å². The number of allylic oxidation sites excluding steroid dienone is 3. The number of hydrogen-bond donors (Lipinski definition) is 1. The van der Waals surface area contributed by atoms with Crippen LogP contribution in [0.5, 0.6) is 5.75 Å². The summed E-state index contributed by atoms with van der Waals surface area (Å²) >= 11 is 3.53. The summed E-state index contributed by atoms with van der Waals surface area (Å²) in [7, 11) is 0. The van der Waals surface area contributed by atoms with Crippen LogP contribution in [0.1, 0.15) is 54.9 Å². The van der Waals surface area contributed by atoms with E-state index in [-0.39, 0.29) is 22.8 Å². The summed E-state index contributed by atoms with van der Waals surface area (Å²) in [6.07, 6.45) is 0.950. The Balaban J connectivity index is 1.66. The number of ketones is 1. The van der Waals surface area contributed by atoms with Crippen molar-refractivity contribution in [3.05, 3.63) is 116 Å². The molecule has 0 saturated heterocycles. The molecule has 0 radical (unpaired) electrons. The summed E-state index contributed by atoms with van der Waals surface area (Å²) in [5, 5.41) is 10.4. The average molecular weight is 601 g/mol. The third kappa shape index (κ3) is 5.04. The van der Waals surface area contributed by atoms with Crippen molar-refractivity contribution >= 4 is 27.4 Å². The highest BCUT2D eigenvalue weighted by Gasteiger charge is 2.45. The second kappa shape index (κ2) is 10.6. The fourth-order valence-corrected chi connectivity index (χ4v) is 6.20. The van der Waals surface area contributed by atoms with Crippen molar-refractivity contribution in [1.29, 1.82) is 5.26 Å². The molecular weight excluding hydrogens is 569 g/mol. The number of rotatable bonds is 5. The zero-order valence-electron chi connectivity index (χ0n) is 23.0. The quantitative estimate of drug-likeness (QED) is 0.324. The first-order chi connectivity index (χ1) is 19.0. The normalized spacial score (nSPS) is 18.5. The number of nitriles is 1. The van der Waals surface area contributed by atoms with Gasteiger partial charge in [-0.3, -0.25) is 9.69 Å². The van der Waals surface area contributed by atoms with Crippen molar-refractivity contribution in [2.24, 2.45) is 11.1 Å². The molecule has 0 bridgehead atoms. The number of nitrogens with two attached hydrogens (primary N) is 1. The summed E-state index contributed by atoms with van der Waals surface area (Å²) in [4.78, 5) is 15.7. The Morgan fingerprint density at radius 3 is 2.48 bits per heavy atom. The zero-order valence-corrected chi connectivity index (χ0v) is 24.6. The number of halogens is 2. The predicted octanol–water partition coefficient (Wildman–Crippen LogP) is 7.72. The second-order valence-corrected chi connectivity index (χ2v) is 12.2. The molecule has 1 heterocycles. The van der Waals surface area contributed by atoms with Crippen LogP contribution in [-0.2, 0) is 11.4 Å². The molecule has 7 heteroatoms. The highest BCUT2D eigenvalue weighted by Crippen LogP contribution is 2.50. The zero-order chi connectivity index (χ0) is 28.8. The SMILES string of the molecule is Cc1cc(C)c(C2C(C#N)=C(N)N(c3ccc(F)cc3)C3=C2C(=O)CC(C)(C)C3)cc1COc1ccccc1Br. The molecule has 1 aliphatic carbocycles. The Kier molecular flexibility index (Phi) is 7.32. The lowest BCUT2D eigenvalue weighted by atomic mass is 9.68. The van der Waals surface area contributed by atoms with E-state index in [1.54, 1.807) is 17.0 Å². The van der Waals surface area contributed by atoms with Gasteiger partial charge in [0.25, 0.3) is 0 Å². The van der Waals surface area contributed by atoms with Crippen molar-refractivity contribution in [2.75, 3.05) is 4.90 Å². The maximum absolute atomic E-state index is 13.9. The molecular formula is C33H31BrFN3O2. The van der Waals surface area contributed by atoms with Crippen molar-refractivity contribution < 1.29 is 13.9 Å². The summed E-state index contributed by atoms with van der Waals surface area (Å²) < 4.78 is 20.8. The molecule has 2 N–H and O–H groups in total. The van der Waals surface area contributed by atoms with E-state index in [9.17, 15) is 14.4 Å². The third-order valence-corrected chi connectivity index (χ3v) is 8.38. The van der Waals surface area contributed by atoms with Gasteiger partial charge in [-0.05, 0) is 100 Å². The number of ether oxygens (including phenoxy) is 1. The number of carbonyl (C=O) groups is 1. The molecule has 0 spiro atoms. The molecule has 1 atom stereocenters. The standard InChI is InChI=1S/C33H31BrFN3O2/c1-19-13-20(2)24(14-21(19)18-40-29-8-6-5-7-26(29)34)30-25(17-36)32(37)38(23-11-9-22(35)10-12-23)27-15-33(3,4)16-28(39)31(27)30/h5-14,30H,15-16,18,37H2,1-4H3.